The van der Waals surface area contributed by atoms with Crippen molar-refractivity contribution in [2.45, 2.75) is 19.4 Å². The molecule has 18 heavy (non-hydrogen) atoms. The van der Waals surface area contributed by atoms with Gasteiger partial charge in [-0.2, -0.15) is 0 Å². The summed E-state index contributed by atoms with van der Waals surface area (Å²) in [5.41, 5.74) is 6.96. The Balaban J connectivity index is 2.14. The van der Waals surface area contributed by atoms with E-state index in [4.69, 9.17) is 22.1 Å². The molecule has 0 aromatic heterocycles. The predicted octanol–water partition coefficient (Wildman–Crippen LogP) is 4.02. The largest absolute Gasteiger partial charge is 0.457 e. The van der Waals surface area contributed by atoms with Crippen LogP contribution in [-0.4, -0.2) is 6.04 Å². The van der Waals surface area contributed by atoms with Gasteiger partial charge in [-0.05, 0) is 49.2 Å². The molecule has 2 rings (SSSR count). The molecule has 2 N–H and O–H groups in total. The normalized spacial score (nSPS) is 12.2. The van der Waals surface area contributed by atoms with E-state index in [0.717, 1.165) is 17.9 Å². The fourth-order valence-corrected chi connectivity index (χ4v) is 1.95. The predicted molar refractivity (Wildman–Crippen MR) is 75.3 cm³/mol. The zero-order valence-electron chi connectivity index (χ0n) is 10.3. The lowest BCUT2D eigenvalue weighted by molar-refractivity contribution is 0.482. The lowest BCUT2D eigenvalue weighted by atomic mass is 10.1. The van der Waals surface area contributed by atoms with Crippen molar-refractivity contribution in [1.29, 1.82) is 0 Å². The minimum Gasteiger partial charge on any atom is -0.457 e. The first-order valence-corrected chi connectivity index (χ1v) is 6.29. The van der Waals surface area contributed by atoms with Crippen LogP contribution < -0.4 is 10.5 Å². The molecule has 1 unspecified atom stereocenters. The summed E-state index contributed by atoms with van der Waals surface area (Å²) in [6.07, 6.45) is 0.840. The molecule has 0 fully saturated rings. The molecule has 3 heteroatoms. The maximum absolute atomic E-state index is 5.91. The Morgan fingerprint density at radius 3 is 2.44 bits per heavy atom. The highest BCUT2D eigenvalue weighted by Crippen LogP contribution is 2.24. The summed E-state index contributed by atoms with van der Waals surface area (Å²) in [5.74, 6) is 1.54. The van der Waals surface area contributed by atoms with Crippen LogP contribution in [0.1, 0.15) is 12.5 Å². The molecule has 0 aliphatic carbocycles. The Bertz CT molecular complexity index is 525. The van der Waals surface area contributed by atoms with E-state index in [-0.39, 0.29) is 6.04 Å². The molecule has 0 saturated heterocycles. The molecule has 0 aliphatic rings. The molecule has 0 amide bonds. The van der Waals surface area contributed by atoms with Gasteiger partial charge in [-0.25, -0.2) is 0 Å². The van der Waals surface area contributed by atoms with Crippen LogP contribution in [-0.2, 0) is 6.42 Å². The van der Waals surface area contributed by atoms with E-state index in [9.17, 15) is 0 Å². The van der Waals surface area contributed by atoms with Crippen LogP contribution in [0, 0.1) is 0 Å². The average Bonchev–Trinajstić information content (AvgIpc) is 2.28. The molecule has 0 heterocycles. The van der Waals surface area contributed by atoms with E-state index in [0.29, 0.717) is 5.02 Å². The lowest BCUT2D eigenvalue weighted by Crippen LogP contribution is -2.17. The first-order valence-electron chi connectivity index (χ1n) is 5.91. The van der Waals surface area contributed by atoms with Crippen LogP contribution in [0.25, 0.3) is 0 Å². The summed E-state index contributed by atoms with van der Waals surface area (Å²) < 4.78 is 5.76. The molecule has 2 nitrogen and oxygen atoms in total. The minimum absolute atomic E-state index is 0.145. The maximum Gasteiger partial charge on any atom is 0.128 e. The summed E-state index contributed by atoms with van der Waals surface area (Å²) in [5, 5.41) is 0.666. The number of benzene rings is 2. The lowest BCUT2D eigenvalue weighted by Gasteiger charge is -2.09. The van der Waals surface area contributed by atoms with Crippen molar-refractivity contribution in [2.24, 2.45) is 5.73 Å². The monoisotopic (exact) mass is 261 g/mol. The molecule has 2 aromatic rings. The van der Waals surface area contributed by atoms with Crippen LogP contribution in [0.3, 0.4) is 0 Å². The molecule has 1 atom stereocenters. The van der Waals surface area contributed by atoms with Gasteiger partial charge in [0.2, 0.25) is 0 Å². The standard InChI is InChI=1S/C15H16ClNO/c1-11(17)8-12-4-2-6-14(9-12)18-15-7-3-5-13(16)10-15/h2-7,9-11H,8,17H2,1H3. The second kappa shape index (κ2) is 5.89. The Hall–Kier alpha value is -1.51. The number of hydrogen-bond donors (Lipinski definition) is 1. The van der Waals surface area contributed by atoms with Gasteiger partial charge in [0, 0.05) is 11.1 Å². The third-order valence-corrected chi connectivity index (χ3v) is 2.72. The summed E-state index contributed by atoms with van der Waals surface area (Å²) in [4.78, 5) is 0. The van der Waals surface area contributed by atoms with Crippen LogP contribution >= 0.6 is 11.6 Å². The van der Waals surface area contributed by atoms with E-state index >= 15 is 0 Å². The Labute approximate surface area is 112 Å². The fourth-order valence-electron chi connectivity index (χ4n) is 1.77. The first kappa shape index (κ1) is 12.9. The number of halogens is 1. The Kier molecular flexibility index (Phi) is 4.24. The number of rotatable bonds is 4. The van der Waals surface area contributed by atoms with Crippen molar-refractivity contribution in [3.8, 4) is 11.5 Å². The summed E-state index contributed by atoms with van der Waals surface area (Å²) in [6, 6.07) is 15.4. The molecular formula is C15H16ClNO. The van der Waals surface area contributed by atoms with E-state index < -0.39 is 0 Å². The van der Waals surface area contributed by atoms with Crippen LogP contribution in [0.2, 0.25) is 5.02 Å². The van der Waals surface area contributed by atoms with Gasteiger partial charge in [-0.1, -0.05) is 29.8 Å². The van der Waals surface area contributed by atoms with Crippen molar-refractivity contribution >= 4 is 11.6 Å². The molecule has 0 aliphatic heterocycles. The second-order valence-electron chi connectivity index (χ2n) is 4.39. The van der Waals surface area contributed by atoms with Crippen molar-refractivity contribution in [2.75, 3.05) is 0 Å². The zero-order chi connectivity index (χ0) is 13.0. The van der Waals surface area contributed by atoms with Crippen molar-refractivity contribution in [1.82, 2.24) is 0 Å². The zero-order valence-corrected chi connectivity index (χ0v) is 11.0. The van der Waals surface area contributed by atoms with E-state index in [2.05, 4.69) is 0 Å². The quantitative estimate of drug-likeness (QED) is 0.902. The highest BCUT2D eigenvalue weighted by molar-refractivity contribution is 6.30. The third-order valence-electron chi connectivity index (χ3n) is 2.49. The summed E-state index contributed by atoms with van der Waals surface area (Å²) in [7, 11) is 0. The maximum atomic E-state index is 5.91. The minimum atomic E-state index is 0.145. The second-order valence-corrected chi connectivity index (χ2v) is 4.82. The molecular weight excluding hydrogens is 246 g/mol. The van der Waals surface area contributed by atoms with E-state index in [1.807, 2.05) is 49.4 Å². The number of ether oxygens (including phenoxy) is 1. The topological polar surface area (TPSA) is 35.2 Å². The van der Waals surface area contributed by atoms with Crippen LogP contribution in [0.4, 0.5) is 0 Å². The van der Waals surface area contributed by atoms with Gasteiger partial charge in [0.1, 0.15) is 11.5 Å². The Morgan fingerprint density at radius 1 is 1.11 bits per heavy atom. The van der Waals surface area contributed by atoms with E-state index in [1.165, 1.54) is 5.56 Å². The molecule has 94 valence electrons. The van der Waals surface area contributed by atoms with Gasteiger partial charge < -0.3 is 10.5 Å². The smallest absolute Gasteiger partial charge is 0.128 e. The third kappa shape index (κ3) is 3.76. The van der Waals surface area contributed by atoms with Gasteiger partial charge in [-0.15, -0.1) is 0 Å². The molecule has 0 spiro atoms. The van der Waals surface area contributed by atoms with Crippen LogP contribution in [0.15, 0.2) is 48.5 Å². The highest BCUT2D eigenvalue weighted by Gasteiger charge is 2.02. The van der Waals surface area contributed by atoms with Gasteiger partial charge >= 0.3 is 0 Å². The van der Waals surface area contributed by atoms with Crippen LogP contribution in [0.5, 0.6) is 11.5 Å². The van der Waals surface area contributed by atoms with Gasteiger partial charge in [0.25, 0.3) is 0 Å². The Morgan fingerprint density at radius 2 is 1.78 bits per heavy atom. The molecule has 0 saturated carbocycles. The van der Waals surface area contributed by atoms with Gasteiger partial charge in [0.15, 0.2) is 0 Å². The van der Waals surface area contributed by atoms with Gasteiger partial charge in [-0.3, -0.25) is 0 Å². The van der Waals surface area contributed by atoms with Crippen molar-refractivity contribution in [3.63, 3.8) is 0 Å². The fraction of sp³-hybridized carbons (Fsp3) is 0.200. The highest BCUT2D eigenvalue weighted by atomic mass is 35.5. The molecule has 0 bridgehead atoms. The molecule has 0 radical (unpaired) electrons. The summed E-state index contributed by atoms with van der Waals surface area (Å²) in [6.45, 7) is 1.99. The first-order chi connectivity index (χ1) is 8.63. The van der Waals surface area contributed by atoms with Crippen molar-refractivity contribution in [3.05, 3.63) is 59.1 Å². The average molecular weight is 262 g/mol. The number of hydrogen-bond acceptors (Lipinski definition) is 2. The summed E-state index contributed by atoms with van der Waals surface area (Å²) >= 11 is 5.91. The SMILES string of the molecule is CC(N)Cc1cccc(Oc2cccc(Cl)c2)c1. The number of nitrogens with two attached hydrogens (primary N) is 1. The van der Waals surface area contributed by atoms with Gasteiger partial charge in [0.05, 0.1) is 0 Å². The van der Waals surface area contributed by atoms with E-state index in [1.54, 1.807) is 6.07 Å². The van der Waals surface area contributed by atoms with Crippen molar-refractivity contribution < 1.29 is 4.74 Å². The molecule has 2 aromatic carbocycles.